The molecule has 22 heavy (non-hydrogen) atoms. The number of pyridine rings is 1. The van der Waals surface area contributed by atoms with Crippen LogP contribution in [0.4, 0.5) is 0 Å². The minimum Gasteiger partial charge on any atom is -0.314 e. The first-order valence-electron chi connectivity index (χ1n) is 7.95. The molecule has 0 aliphatic carbocycles. The SMILES string of the molecule is Cc1ccc2c(c1)SCc1cccnc1C2N1CCNCC1. The van der Waals surface area contributed by atoms with Crippen molar-refractivity contribution in [3.8, 4) is 0 Å². The lowest BCUT2D eigenvalue weighted by Crippen LogP contribution is -2.45. The lowest BCUT2D eigenvalue weighted by atomic mass is 9.97. The van der Waals surface area contributed by atoms with E-state index in [9.17, 15) is 0 Å². The fourth-order valence-corrected chi connectivity index (χ4v) is 4.59. The highest BCUT2D eigenvalue weighted by Crippen LogP contribution is 2.41. The average molecular weight is 311 g/mol. The van der Waals surface area contributed by atoms with Crippen LogP contribution < -0.4 is 5.32 Å². The Morgan fingerprint density at radius 1 is 1.23 bits per heavy atom. The number of hydrogen-bond donors (Lipinski definition) is 1. The first-order valence-corrected chi connectivity index (χ1v) is 8.93. The molecule has 2 aliphatic rings. The van der Waals surface area contributed by atoms with E-state index in [2.05, 4.69) is 47.5 Å². The molecule has 1 atom stereocenters. The Bertz CT molecular complexity index is 680. The summed E-state index contributed by atoms with van der Waals surface area (Å²) >= 11 is 1.95. The fourth-order valence-electron chi connectivity index (χ4n) is 3.42. The van der Waals surface area contributed by atoms with Gasteiger partial charge in [-0.25, -0.2) is 0 Å². The van der Waals surface area contributed by atoms with Crippen molar-refractivity contribution in [1.82, 2.24) is 15.2 Å². The van der Waals surface area contributed by atoms with Gasteiger partial charge < -0.3 is 5.32 Å². The van der Waals surface area contributed by atoms with E-state index in [1.165, 1.54) is 27.3 Å². The number of nitrogens with zero attached hydrogens (tertiary/aromatic N) is 2. The topological polar surface area (TPSA) is 28.2 Å². The van der Waals surface area contributed by atoms with Crippen molar-refractivity contribution in [3.63, 3.8) is 0 Å². The van der Waals surface area contributed by atoms with E-state index in [0.717, 1.165) is 31.9 Å². The largest absolute Gasteiger partial charge is 0.314 e. The quantitative estimate of drug-likeness (QED) is 0.876. The summed E-state index contributed by atoms with van der Waals surface area (Å²) in [6, 6.07) is 11.5. The van der Waals surface area contributed by atoms with Gasteiger partial charge in [-0.1, -0.05) is 18.2 Å². The summed E-state index contributed by atoms with van der Waals surface area (Å²) in [5.74, 6) is 1.02. The minimum absolute atomic E-state index is 0.295. The Labute approximate surface area is 136 Å². The normalized spacial score (nSPS) is 21.8. The first-order chi connectivity index (χ1) is 10.8. The fraction of sp³-hybridized carbons (Fsp3) is 0.389. The minimum atomic E-state index is 0.295. The van der Waals surface area contributed by atoms with Crippen LogP contribution in [0.25, 0.3) is 0 Å². The third-order valence-electron chi connectivity index (χ3n) is 4.55. The summed E-state index contributed by atoms with van der Waals surface area (Å²) in [6.45, 7) is 6.47. The molecule has 0 radical (unpaired) electrons. The van der Waals surface area contributed by atoms with Crippen molar-refractivity contribution >= 4 is 11.8 Å². The van der Waals surface area contributed by atoms with Gasteiger partial charge in [-0.15, -0.1) is 11.8 Å². The second kappa shape index (κ2) is 6.03. The number of fused-ring (bicyclic) bond motifs is 2. The van der Waals surface area contributed by atoms with E-state index in [4.69, 9.17) is 4.98 Å². The molecule has 0 saturated carbocycles. The third kappa shape index (κ3) is 2.56. The van der Waals surface area contributed by atoms with Crippen molar-refractivity contribution in [1.29, 1.82) is 0 Å². The zero-order valence-corrected chi connectivity index (χ0v) is 13.7. The molecular weight excluding hydrogens is 290 g/mol. The number of nitrogens with one attached hydrogen (secondary N) is 1. The van der Waals surface area contributed by atoms with Crippen molar-refractivity contribution < 1.29 is 0 Å². The highest BCUT2D eigenvalue weighted by Gasteiger charge is 2.30. The van der Waals surface area contributed by atoms with Crippen LogP contribution in [0.3, 0.4) is 0 Å². The van der Waals surface area contributed by atoms with Crippen LogP contribution in [0.5, 0.6) is 0 Å². The van der Waals surface area contributed by atoms with Crippen LogP contribution in [-0.2, 0) is 5.75 Å². The average Bonchev–Trinajstić information content (AvgIpc) is 2.72. The Balaban J connectivity index is 1.86. The number of rotatable bonds is 1. The number of aromatic nitrogens is 1. The summed E-state index contributed by atoms with van der Waals surface area (Å²) in [7, 11) is 0. The van der Waals surface area contributed by atoms with E-state index < -0.39 is 0 Å². The highest BCUT2D eigenvalue weighted by molar-refractivity contribution is 7.98. The summed E-state index contributed by atoms with van der Waals surface area (Å²) in [5.41, 5.74) is 5.39. The molecule has 2 aliphatic heterocycles. The predicted octanol–water partition coefficient (Wildman–Crippen LogP) is 2.99. The Morgan fingerprint density at radius 2 is 2.09 bits per heavy atom. The maximum Gasteiger partial charge on any atom is 0.0791 e. The molecule has 2 aromatic rings. The lowest BCUT2D eigenvalue weighted by Gasteiger charge is -2.35. The van der Waals surface area contributed by atoms with Gasteiger partial charge in [0.15, 0.2) is 0 Å². The van der Waals surface area contributed by atoms with Gasteiger partial charge in [-0.2, -0.15) is 0 Å². The number of benzene rings is 1. The van der Waals surface area contributed by atoms with Gasteiger partial charge in [0.1, 0.15) is 0 Å². The van der Waals surface area contributed by atoms with Gasteiger partial charge >= 0.3 is 0 Å². The van der Waals surface area contributed by atoms with Crippen molar-refractivity contribution in [2.45, 2.75) is 23.6 Å². The van der Waals surface area contributed by atoms with Crippen molar-refractivity contribution in [2.75, 3.05) is 26.2 Å². The zero-order valence-electron chi connectivity index (χ0n) is 12.9. The van der Waals surface area contributed by atoms with E-state index in [1.54, 1.807) is 0 Å². The Kier molecular flexibility index (Phi) is 3.90. The summed E-state index contributed by atoms with van der Waals surface area (Å²) < 4.78 is 0. The summed E-state index contributed by atoms with van der Waals surface area (Å²) in [5, 5.41) is 3.46. The predicted molar refractivity (Wildman–Crippen MR) is 91.3 cm³/mol. The summed E-state index contributed by atoms with van der Waals surface area (Å²) in [6.07, 6.45) is 1.94. The Morgan fingerprint density at radius 3 is 2.95 bits per heavy atom. The molecular formula is C18H21N3S. The van der Waals surface area contributed by atoms with Gasteiger partial charge in [-0.05, 0) is 35.7 Å². The molecule has 114 valence electrons. The molecule has 3 heterocycles. The third-order valence-corrected chi connectivity index (χ3v) is 5.67. The maximum absolute atomic E-state index is 4.78. The van der Waals surface area contributed by atoms with Crippen LogP contribution in [0, 0.1) is 6.92 Å². The smallest absolute Gasteiger partial charge is 0.0791 e. The van der Waals surface area contributed by atoms with Gasteiger partial charge in [0.2, 0.25) is 0 Å². The van der Waals surface area contributed by atoms with Crippen LogP contribution >= 0.6 is 11.8 Å². The molecule has 1 aromatic heterocycles. The maximum atomic E-state index is 4.78. The molecule has 0 amide bonds. The molecule has 1 aromatic carbocycles. The molecule has 3 nitrogen and oxygen atoms in total. The first kappa shape index (κ1) is 14.2. The molecule has 1 N–H and O–H groups in total. The van der Waals surface area contributed by atoms with Crippen molar-refractivity contribution in [3.05, 3.63) is 58.9 Å². The van der Waals surface area contributed by atoms with E-state index in [-0.39, 0.29) is 0 Å². The van der Waals surface area contributed by atoms with Gasteiger partial charge in [0.25, 0.3) is 0 Å². The second-order valence-electron chi connectivity index (χ2n) is 6.07. The van der Waals surface area contributed by atoms with Crippen molar-refractivity contribution in [2.24, 2.45) is 0 Å². The number of hydrogen-bond acceptors (Lipinski definition) is 4. The lowest BCUT2D eigenvalue weighted by molar-refractivity contribution is 0.193. The highest BCUT2D eigenvalue weighted by atomic mass is 32.2. The number of aryl methyl sites for hydroxylation is 1. The van der Waals surface area contributed by atoms with Gasteiger partial charge in [-0.3, -0.25) is 9.88 Å². The van der Waals surface area contributed by atoms with Crippen LogP contribution in [0.2, 0.25) is 0 Å². The number of piperazine rings is 1. The van der Waals surface area contributed by atoms with Gasteiger partial charge in [0, 0.05) is 43.0 Å². The molecule has 4 heteroatoms. The molecule has 1 saturated heterocycles. The van der Waals surface area contributed by atoms with E-state index >= 15 is 0 Å². The monoisotopic (exact) mass is 311 g/mol. The van der Waals surface area contributed by atoms with Crippen LogP contribution in [0.1, 0.15) is 28.4 Å². The summed E-state index contributed by atoms with van der Waals surface area (Å²) in [4.78, 5) is 8.79. The molecule has 0 spiro atoms. The molecule has 0 bridgehead atoms. The molecule has 4 rings (SSSR count). The van der Waals surface area contributed by atoms with Crippen LogP contribution in [-0.4, -0.2) is 36.1 Å². The molecule has 1 fully saturated rings. The molecule has 1 unspecified atom stereocenters. The van der Waals surface area contributed by atoms with Crippen LogP contribution in [0.15, 0.2) is 41.4 Å². The van der Waals surface area contributed by atoms with E-state index in [1.807, 2.05) is 18.0 Å². The zero-order chi connectivity index (χ0) is 14.9. The van der Waals surface area contributed by atoms with Gasteiger partial charge in [0.05, 0.1) is 11.7 Å². The number of thioether (sulfide) groups is 1. The second-order valence-corrected chi connectivity index (χ2v) is 7.08. The van der Waals surface area contributed by atoms with E-state index in [0.29, 0.717) is 6.04 Å². The Hall–Kier alpha value is -1.36. The standard InChI is InChI=1S/C18H21N3S/c1-13-4-5-15-16(11-13)22-12-14-3-2-6-20-17(14)18(15)21-9-7-19-8-10-21/h2-6,11,18-19H,7-10,12H2,1H3.